The number of nitrogens with two attached hydrogens (primary N) is 1. The number of carbonyl (C=O) groups excluding carboxylic acids is 1. The molecule has 8 heteroatoms. The second-order valence-electron chi connectivity index (χ2n) is 4.35. The Morgan fingerprint density at radius 3 is 2.55 bits per heavy atom. The van der Waals surface area contributed by atoms with E-state index in [1.54, 1.807) is 0 Å². The molecule has 1 aromatic carbocycles. The van der Waals surface area contributed by atoms with E-state index < -0.39 is 23.6 Å². The lowest BCUT2D eigenvalue weighted by Gasteiger charge is -2.05. The highest BCUT2D eigenvalue weighted by atomic mass is 79.9. The van der Waals surface area contributed by atoms with Crippen LogP contribution in [0, 0.1) is 12.7 Å². The van der Waals surface area contributed by atoms with Crippen LogP contribution in [0.1, 0.15) is 16.8 Å². The van der Waals surface area contributed by atoms with Gasteiger partial charge in [-0.3, -0.25) is 4.79 Å². The molecule has 0 fully saturated rings. The monoisotopic (exact) mass is 352 g/mol. The maximum absolute atomic E-state index is 13.8. The maximum Gasteiger partial charge on any atom is 0.431 e. The summed E-state index contributed by atoms with van der Waals surface area (Å²) >= 11 is 2.93. The number of carbonyl (C=O) groups is 1. The molecule has 0 aliphatic heterocycles. The predicted molar refractivity (Wildman–Crippen MR) is 68.6 cm³/mol. The molecule has 0 saturated carbocycles. The van der Waals surface area contributed by atoms with E-state index in [4.69, 9.17) is 5.73 Å². The molecule has 3 nitrogen and oxygen atoms in total. The van der Waals surface area contributed by atoms with Gasteiger partial charge in [0, 0.05) is 5.39 Å². The van der Waals surface area contributed by atoms with Gasteiger partial charge in [0.25, 0.3) is 0 Å². The van der Waals surface area contributed by atoms with E-state index in [0.29, 0.717) is 0 Å². The van der Waals surface area contributed by atoms with E-state index in [-0.39, 0.29) is 32.9 Å². The summed E-state index contributed by atoms with van der Waals surface area (Å²) in [6, 6.07) is 0.993. The summed E-state index contributed by atoms with van der Waals surface area (Å²) in [4.78, 5) is 13.2. The molecule has 2 aromatic rings. The largest absolute Gasteiger partial charge is 0.431 e. The molecule has 0 atom stereocenters. The van der Waals surface area contributed by atoms with Gasteiger partial charge in [0.05, 0.1) is 16.4 Å². The molecule has 1 aromatic heterocycles. The highest BCUT2D eigenvalue weighted by molar-refractivity contribution is 9.10. The van der Waals surface area contributed by atoms with E-state index in [9.17, 15) is 22.4 Å². The van der Waals surface area contributed by atoms with Crippen LogP contribution in [0.4, 0.5) is 17.6 Å². The van der Waals surface area contributed by atoms with Crippen molar-refractivity contribution in [2.45, 2.75) is 19.5 Å². The fraction of sp³-hybridized carbons (Fsp3) is 0.250. The number of halogens is 5. The van der Waals surface area contributed by atoms with Crippen molar-refractivity contribution in [2.24, 2.45) is 5.73 Å². The lowest BCUT2D eigenvalue weighted by Crippen LogP contribution is -2.14. The number of H-pyrrole nitrogens is 1. The van der Waals surface area contributed by atoms with Crippen molar-refractivity contribution in [3.05, 3.63) is 33.2 Å². The third kappa shape index (κ3) is 2.39. The molecule has 108 valence electrons. The van der Waals surface area contributed by atoms with Crippen molar-refractivity contribution in [3.63, 3.8) is 0 Å². The number of primary amides is 1. The summed E-state index contributed by atoms with van der Waals surface area (Å²) in [6.07, 6.45) is -4.94. The first-order chi connectivity index (χ1) is 9.12. The highest BCUT2D eigenvalue weighted by Crippen LogP contribution is 2.39. The van der Waals surface area contributed by atoms with Gasteiger partial charge in [-0.15, -0.1) is 0 Å². The number of aryl methyl sites for hydroxylation is 1. The van der Waals surface area contributed by atoms with E-state index in [1.165, 1.54) is 6.92 Å². The smallest absolute Gasteiger partial charge is 0.369 e. The minimum absolute atomic E-state index is 0.0573. The normalized spacial score (nSPS) is 12.1. The molecule has 0 bridgehead atoms. The van der Waals surface area contributed by atoms with Crippen LogP contribution in [-0.2, 0) is 17.4 Å². The van der Waals surface area contributed by atoms with Gasteiger partial charge in [-0.1, -0.05) is 0 Å². The SMILES string of the molecule is Cc1c(C(F)(F)F)[nH]c2c(CC(N)=O)cc(F)c(Br)c12. The highest BCUT2D eigenvalue weighted by Gasteiger charge is 2.36. The summed E-state index contributed by atoms with van der Waals surface area (Å²) < 4.78 is 52.3. The number of alkyl halides is 3. The van der Waals surface area contributed by atoms with Gasteiger partial charge in [0.1, 0.15) is 11.5 Å². The van der Waals surface area contributed by atoms with Gasteiger partial charge in [0.2, 0.25) is 5.91 Å². The molecule has 0 spiro atoms. The van der Waals surface area contributed by atoms with Crippen LogP contribution in [0.2, 0.25) is 0 Å². The summed E-state index contributed by atoms with van der Waals surface area (Å²) in [5, 5.41) is 0.0635. The van der Waals surface area contributed by atoms with Crippen LogP contribution in [0.25, 0.3) is 10.9 Å². The van der Waals surface area contributed by atoms with E-state index in [2.05, 4.69) is 20.9 Å². The average Bonchev–Trinajstić information content (AvgIpc) is 2.63. The Labute approximate surface area is 119 Å². The molecular formula is C12H9BrF4N2O. The molecule has 20 heavy (non-hydrogen) atoms. The Morgan fingerprint density at radius 2 is 2.05 bits per heavy atom. The van der Waals surface area contributed by atoms with Crippen LogP contribution >= 0.6 is 15.9 Å². The van der Waals surface area contributed by atoms with Crippen molar-refractivity contribution in [2.75, 3.05) is 0 Å². The minimum atomic E-state index is -4.59. The number of nitrogens with one attached hydrogen (secondary N) is 1. The second-order valence-corrected chi connectivity index (χ2v) is 5.14. The Hall–Kier alpha value is -1.57. The molecule has 0 saturated heterocycles. The first kappa shape index (κ1) is 14.8. The molecule has 1 heterocycles. The predicted octanol–water partition coefficient (Wildman–Crippen LogP) is 3.42. The zero-order valence-electron chi connectivity index (χ0n) is 10.2. The van der Waals surface area contributed by atoms with Gasteiger partial charge in [-0.25, -0.2) is 4.39 Å². The Morgan fingerprint density at radius 1 is 1.45 bits per heavy atom. The zero-order chi connectivity index (χ0) is 15.2. The number of aromatic nitrogens is 1. The number of hydrogen-bond acceptors (Lipinski definition) is 1. The quantitative estimate of drug-likeness (QED) is 0.799. The summed E-state index contributed by atoms with van der Waals surface area (Å²) in [5.41, 5.74) is 4.07. The third-order valence-corrected chi connectivity index (χ3v) is 3.72. The number of benzene rings is 1. The molecule has 0 aliphatic rings. The van der Waals surface area contributed by atoms with Crippen LogP contribution in [0.3, 0.4) is 0 Å². The molecule has 1 amide bonds. The van der Waals surface area contributed by atoms with Gasteiger partial charge in [-0.05, 0) is 40.0 Å². The fourth-order valence-electron chi connectivity index (χ4n) is 2.13. The summed E-state index contributed by atoms with van der Waals surface area (Å²) in [5.74, 6) is -1.50. The van der Waals surface area contributed by atoms with Gasteiger partial charge < -0.3 is 10.7 Å². The topological polar surface area (TPSA) is 58.9 Å². The van der Waals surface area contributed by atoms with Crippen LogP contribution < -0.4 is 5.73 Å². The Balaban J connectivity index is 2.85. The van der Waals surface area contributed by atoms with E-state index >= 15 is 0 Å². The summed E-state index contributed by atoms with van der Waals surface area (Å²) in [7, 11) is 0. The number of amides is 1. The lowest BCUT2D eigenvalue weighted by molar-refractivity contribution is -0.141. The third-order valence-electron chi connectivity index (χ3n) is 2.95. The number of aromatic amines is 1. The molecular weight excluding hydrogens is 344 g/mol. The maximum atomic E-state index is 13.8. The van der Waals surface area contributed by atoms with Gasteiger partial charge in [-0.2, -0.15) is 13.2 Å². The van der Waals surface area contributed by atoms with Crippen molar-refractivity contribution in [1.29, 1.82) is 0 Å². The molecule has 3 N–H and O–H groups in total. The Bertz CT molecular complexity index is 706. The number of rotatable bonds is 2. The lowest BCUT2D eigenvalue weighted by atomic mass is 10.1. The van der Waals surface area contributed by atoms with Crippen LogP contribution in [0.5, 0.6) is 0 Å². The van der Waals surface area contributed by atoms with Crippen molar-refractivity contribution >= 4 is 32.7 Å². The first-order valence-corrected chi connectivity index (χ1v) is 6.27. The van der Waals surface area contributed by atoms with Crippen molar-refractivity contribution in [3.8, 4) is 0 Å². The van der Waals surface area contributed by atoms with Gasteiger partial charge >= 0.3 is 6.18 Å². The minimum Gasteiger partial charge on any atom is -0.369 e. The van der Waals surface area contributed by atoms with Crippen LogP contribution in [-0.4, -0.2) is 10.9 Å². The van der Waals surface area contributed by atoms with Crippen LogP contribution in [0.15, 0.2) is 10.5 Å². The number of fused-ring (bicyclic) bond motifs is 1. The van der Waals surface area contributed by atoms with Crippen molar-refractivity contribution in [1.82, 2.24) is 4.98 Å². The van der Waals surface area contributed by atoms with Crippen molar-refractivity contribution < 1.29 is 22.4 Å². The van der Waals surface area contributed by atoms with E-state index in [1.807, 2.05) is 0 Å². The number of hydrogen-bond donors (Lipinski definition) is 2. The summed E-state index contributed by atoms with van der Waals surface area (Å²) in [6.45, 7) is 1.24. The van der Waals surface area contributed by atoms with E-state index in [0.717, 1.165) is 6.07 Å². The molecule has 0 aliphatic carbocycles. The molecule has 0 radical (unpaired) electrons. The van der Waals surface area contributed by atoms with Gasteiger partial charge in [0.15, 0.2) is 0 Å². The standard InChI is InChI=1S/C12H9BrF4N2O/c1-4-8-9(13)6(14)2-5(3-7(18)20)10(8)19-11(4)12(15,16)17/h2,19H,3H2,1H3,(H2,18,20). The second kappa shape index (κ2) is 4.76. The first-order valence-electron chi connectivity index (χ1n) is 5.47. The molecule has 0 unspecified atom stereocenters. The molecule has 2 rings (SSSR count). The fourth-order valence-corrected chi connectivity index (χ4v) is 2.74. The Kier molecular flexibility index (Phi) is 3.53. The zero-order valence-corrected chi connectivity index (χ0v) is 11.7. The average molecular weight is 353 g/mol.